The molecule has 0 radical (unpaired) electrons. The molecule has 2 aromatic rings. The molecule has 0 unspecified atom stereocenters. The molecule has 0 amide bonds. The average Bonchev–Trinajstić information content (AvgIpc) is 2.61. The van der Waals surface area contributed by atoms with Crippen molar-refractivity contribution < 1.29 is 27.4 Å². The Morgan fingerprint density at radius 2 is 1.77 bits per heavy atom. The van der Waals surface area contributed by atoms with Crippen LogP contribution in [0.3, 0.4) is 0 Å². The predicted molar refractivity (Wildman–Crippen MR) is 100 cm³/mol. The lowest BCUT2D eigenvalue weighted by Crippen LogP contribution is -2.14. The Bertz CT molecular complexity index is 913. The van der Waals surface area contributed by atoms with Gasteiger partial charge in [-0.3, -0.25) is 4.72 Å². The van der Waals surface area contributed by atoms with E-state index in [0.29, 0.717) is 21.7 Å². The first-order valence-electron chi connectivity index (χ1n) is 7.54. The zero-order valence-corrected chi connectivity index (χ0v) is 16.8. The first-order valence-corrected chi connectivity index (χ1v) is 9.81. The summed E-state index contributed by atoms with van der Waals surface area (Å²) in [6, 6.07) is 8.75. The Balaban J connectivity index is 2.36. The molecule has 0 heterocycles. The maximum absolute atomic E-state index is 12.6. The topological polar surface area (TPSA) is 90.9 Å². The van der Waals surface area contributed by atoms with E-state index in [-0.39, 0.29) is 17.1 Å². The van der Waals surface area contributed by atoms with Crippen LogP contribution in [0, 0.1) is 0 Å². The Kier molecular flexibility index (Phi) is 6.49. The van der Waals surface area contributed by atoms with E-state index in [0.717, 1.165) is 0 Å². The number of carbonyl (C=O) groups is 1. The molecule has 2 rings (SSSR count). The molecule has 0 fully saturated rings. The minimum atomic E-state index is -3.92. The highest BCUT2D eigenvalue weighted by Gasteiger charge is 2.20. The second-order valence-corrected chi connectivity index (χ2v) is 7.57. The lowest BCUT2D eigenvalue weighted by atomic mass is 10.2. The van der Waals surface area contributed by atoms with Gasteiger partial charge in [0, 0.05) is 10.5 Å². The molecule has 1 N–H and O–H groups in total. The summed E-state index contributed by atoms with van der Waals surface area (Å²) in [5.41, 5.74) is 0.422. The largest absolute Gasteiger partial charge is 0.493 e. The van der Waals surface area contributed by atoms with Gasteiger partial charge in [0.15, 0.2) is 11.5 Å². The molecule has 0 saturated heterocycles. The van der Waals surface area contributed by atoms with Crippen LogP contribution >= 0.6 is 15.9 Å². The van der Waals surface area contributed by atoms with Crippen LogP contribution in [0.15, 0.2) is 45.8 Å². The fourth-order valence-electron chi connectivity index (χ4n) is 2.15. The third kappa shape index (κ3) is 4.47. The van der Waals surface area contributed by atoms with E-state index in [1.165, 1.54) is 38.5 Å². The van der Waals surface area contributed by atoms with Crippen molar-refractivity contribution in [2.24, 2.45) is 0 Å². The van der Waals surface area contributed by atoms with Crippen LogP contribution in [0.25, 0.3) is 0 Å². The highest BCUT2D eigenvalue weighted by atomic mass is 79.9. The maximum atomic E-state index is 12.6. The number of rotatable bonds is 7. The first-order chi connectivity index (χ1) is 12.3. The molecule has 0 bridgehead atoms. The van der Waals surface area contributed by atoms with Crippen LogP contribution in [-0.4, -0.2) is 35.2 Å². The fourth-order valence-corrected chi connectivity index (χ4v) is 3.63. The minimum absolute atomic E-state index is 0.0708. The van der Waals surface area contributed by atoms with Crippen LogP contribution in [0.4, 0.5) is 5.69 Å². The van der Waals surface area contributed by atoms with Gasteiger partial charge in [0.05, 0.1) is 37.0 Å². The van der Waals surface area contributed by atoms with Gasteiger partial charge in [0.1, 0.15) is 0 Å². The van der Waals surface area contributed by atoms with Crippen molar-refractivity contribution in [3.05, 3.63) is 46.4 Å². The van der Waals surface area contributed by atoms with Crippen molar-refractivity contribution in [2.45, 2.75) is 11.8 Å². The van der Waals surface area contributed by atoms with E-state index in [9.17, 15) is 13.2 Å². The standard InChI is InChI=1S/C17H18BrNO6S/c1-4-25-17(20)13-10-12(6-7-14(13)18)26(21,22)19-11-5-8-15(23-2)16(9-11)24-3/h5-10,19H,4H2,1-3H3. The first kappa shape index (κ1) is 20.1. The van der Waals surface area contributed by atoms with Gasteiger partial charge in [-0.2, -0.15) is 0 Å². The quantitative estimate of drug-likeness (QED) is 0.658. The van der Waals surface area contributed by atoms with Gasteiger partial charge in [-0.05, 0) is 53.2 Å². The lowest BCUT2D eigenvalue weighted by molar-refractivity contribution is 0.0525. The Labute approximate surface area is 160 Å². The molecule has 7 nitrogen and oxygen atoms in total. The number of sulfonamides is 1. The summed E-state index contributed by atoms with van der Waals surface area (Å²) in [7, 11) is -0.979. The molecule has 26 heavy (non-hydrogen) atoms. The second kappa shape index (κ2) is 8.41. The molecule has 0 aliphatic rings. The number of ether oxygens (including phenoxy) is 3. The van der Waals surface area contributed by atoms with Crippen molar-refractivity contribution in [1.82, 2.24) is 0 Å². The molecule has 0 atom stereocenters. The summed E-state index contributed by atoms with van der Waals surface area (Å²) in [5.74, 6) is 0.252. The molecule has 0 aromatic heterocycles. The number of methoxy groups -OCH3 is 2. The molecule has 0 aliphatic heterocycles. The number of carbonyl (C=O) groups excluding carboxylic acids is 1. The van der Waals surface area contributed by atoms with E-state index in [1.54, 1.807) is 19.1 Å². The third-order valence-electron chi connectivity index (χ3n) is 3.38. The highest BCUT2D eigenvalue weighted by molar-refractivity contribution is 9.10. The van der Waals surface area contributed by atoms with Gasteiger partial charge in [-0.1, -0.05) is 0 Å². The molecular weight excluding hydrogens is 426 g/mol. The Morgan fingerprint density at radius 3 is 2.38 bits per heavy atom. The van der Waals surface area contributed by atoms with E-state index < -0.39 is 16.0 Å². The van der Waals surface area contributed by atoms with E-state index in [1.807, 2.05) is 0 Å². The van der Waals surface area contributed by atoms with Crippen LogP contribution in [-0.2, 0) is 14.8 Å². The predicted octanol–water partition coefficient (Wildman–Crippen LogP) is 3.44. The van der Waals surface area contributed by atoms with Crippen molar-refractivity contribution >= 4 is 37.6 Å². The van der Waals surface area contributed by atoms with Gasteiger partial charge in [-0.25, -0.2) is 13.2 Å². The van der Waals surface area contributed by atoms with Gasteiger partial charge >= 0.3 is 5.97 Å². The summed E-state index contributed by atoms with van der Waals surface area (Å²) < 4.78 is 43.4. The average molecular weight is 444 g/mol. The van der Waals surface area contributed by atoms with Gasteiger partial charge < -0.3 is 14.2 Å². The van der Waals surface area contributed by atoms with Crippen molar-refractivity contribution in [3.8, 4) is 11.5 Å². The summed E-state index contributed by atoms with van der Waals surface area (Å²) in [5, 5.41) is 0. The Hall–Kier alpha value is -2.26. The fraction of sp³-hybridized carbons (Fsp3) is 0.235. The van der Waals surface area contributed by atoms with Crippen molar-refractivity contribution in [1.29, 1.82) is 0 Å². The van der Waals surface area contributed by atoms with Gasteiger partial charge in [-0.15, -0.1) is 0 Å². The van der Waals surface area contributed by atoms with Gasteiger partial charge in [0.2, 0.25) is 0 Å². The number of halogens is 1. The molecule has 0 saturated carbocycles. The summed E-state index contributed by atoms with van der Waals surface area (Å²) in [6.07, 6.45) is 0. The number of hydrogen-bond acceptors (Lipinski definition) is 6. The smallest absolute Gasteiger partial charge is 0.339 e. The minimum Gasteiger partial charge on any atom is -0.493 e. The number of benzene rings is 2. The van der Waals surface area contributed by atoms with Crippen molar-refractivity contribution in [2.75, 3.05) is 25.5 Å². The SMILES string of the molecule is CCOC(=O)c1cc(S(=O)(=O)Nc2ccc(OC)c(OC)c2)ccc1Br. The highest BCUT2D eigenvalue weighted by Crippen LogP contribution is 2.31. The normalized spacial score (nSPS) is 10.9. The zero-order chi connectivity index (χ0) is 19.3. The van der Waals surface area contributed by atoms with E-state index >= 15 is 0 Å². The molecule has 0 spiro atoms. The molecule has 9 heteroatoms. The van der Waals surface area contributed by atoms with Crippen LogP contribution in [0.1, 0.15) is 17.3 Å². The van der Waals surface area contributed by atoms with Crippen LogP contribution in [0.5, 0.6) is 11.5 Å². The number of hydrogen-bond donors (Lipinski definition) is 1. The second-order valence-electron chi connectivity index (χ2n) is 5.04. The monoisotopic (exact) mass is 443 g/mol. The molecular formula is C17H18BrNO6S. The molecule has 0 aliphatic carbocycles. The molecule has 140 valence electrons. The maximum Gasteiger partial charge on any atom is 0.339 e. The van der Waals surface area contributed by atoms with E-state index in [4.69, 9.17) is 14.2 Å². The molecule has 2 aromatic carbocycles. The van der Waals surface area contributed by atoms with Crippen LogP contribution in [0.2, 0.25) is 0 Å². The number of nitrogens with one attached hydrogen (secondary N) is 1. The zero-order valence-electron chi connectivity index (χ0n) is 14.4. The number of esters is 1. The summed E-state index contributed by atoms with van der Waals surface area (Å²) in [6.45, 7) is 1.86. The Morgan fingerprint density at radius 1 is 1.08 bits per heavy atom. The van der Waals surface area contributed by atoms with Crippen molar-refractivity contribution in [3.63, 3.8) is 0 Å². The third-order valence-corrected chi connectivity index (χ3v) is 5.45. The lowest BCUT2D eigenvalue weighted by Gasteiger charge is -2.13. The number of anilines is 1. The van der Waals surface area contributed by atoms with Crippen LogP contribution < -0.4 is 14.2 Å². The van der Waals surface area contributed by atoms with Gasteiger partial charge in [0.25, 0.3) is 10.0 Å². The van der Waals surface area contributed by atoms with E-state index in [2.05, 4.69) is 20.7 Å². The summed E-state index contributed by atoms with van der Waals surface area (Å²) in [4.78, 5) is 11.9. The summed E-state index contributed by atoms with van der Waals surface area (Å²) >= 11 is 3.22.